The van der Waals surface area contributed by atoms with Crippen LogP contribution >= 0.6 is 0 Å². The fourth-order valence-corrected chi connectivity index (χ4v) is 3.45. The molecule has 0 bridgehead atoms. The summed E-state index contributed by atoms with van der Waals surface area (Å²) >= 11 is 0. The second-order valence-electron chi connectivity index (χ2n) is 7.09. The average Bonchev–Trinajstić information content (AvgIpc) is 3.39. The Balaban J connectivity index is 1.52. The number of nitrogens with zero attached hydrogens (tertiary/aromatic N) is 3. The molecule has 3 aromatic heterocycles. The molecule has 4 rings (SSSR count). The molecule has 0 aromatic carbocycles. The summed E-state index contributed by atoms with van der Waals surface area (Å²) in [6.45, 7) is 7.14. The molecule has 6 heteroatoms. The van der Waals surface area contributed by atoms with Gasteiger partial charge in [-0.05, 0) is 56.5 Å². The lowest BCUT2D eigenvalue weighted by atomic mass is 10.2. The third-order valence-electron chi connectivity index (χ3n) is 4.86. The molecule has 0 aliphatic carbocycles. The second kappa shape index (κ2) is 8.06. The SMILES string of the molecule is Cc1ccc(-c2nc(CN(Cc3ccncc3)CC3CCCO3)c(C)o2)o1. The highest BCUT2D eigenvalue weighted by Gasteiger charge is 2.22. The van der Waals surface area contributed by atoms with Gasteiger partial charge in [0.25, 0.3) is 5.89 Å². The van der Waals surface area contributed by atoms with Gasteiger partial charge < -0.3 is 13.6 Å². The monoisotopic (exact) mass is 367 g/mol. The van der Waals surface area contributed by atoms with Gasteiger partial charge in [0, 0.05) is 38.6 Å². The van der Waals surface area contributed by atoms with E-state index in [2.05, 4.69) is 22.0 Å². The van der Waals surface area contributed by atoms with Crippen LogP contribution in [0.25, 0.3) is 11.7 Å². The van der Waals surface area contributed by atoms with Crippen LogP contribution in [0.3, 0.4) is 0 Å². The molecule has 4 heterocycles. The fourth-order valence-electron chi connectivity index (χ4n) is 3.45. The molecule has 0 saturated carbocycles. The van der Waals surface area contributed by atoms with Gasteiger partial charge in [-0.2, -0.15) is 0 Å². The number of rotatable bonds is 7. The molecule has 1 fully saturated rings. The largest absolute Gasteiger partial charge is 0.456 e. The molecule has 1 atom stereocenters. The zero-order valence-electron chi connectivity index (χ0n) is 15.9. The van der Waals surface area contributed by atoms with Gasteiger partial charge >= 0.3 is 0 Å². The summed E-state index contributed by atoms with van der Waals surface area (Å²) in [4.78, 5) is 11.2. The Bertz CT molecular complexity index is 866. The van der Waals surface area contributed by atoms with Crippen LogP contribution in [0.1, 0.15) is 35.6 Å². The topological polar surface area (TPSA) is 64.5 Å². The van der Waals surface area contributed by atoms with Crippen LogP contribution in [0.4, 0.5) is 0 Å². The average molecular weight is 367 g/mol. The van der Waals surface area contributed by atoms with E-state index in [0.717, 1.165) is 49.8 Å². The summed E-state index contributed by atoms with van der Waals surface area (Å²) in [5.74, 6) is 2.88. The van der Waals surface area contributed by atoms with E-state index in [9.17, 15) is 0 Å². The van der Waals surface area contributed by atoms with Gasteiger partial charge in [-0.1, -0.05) is 0 Å². The van der Waals surface area contributed by atoms with Crippen LogP contribution in [0.5, 0.6) is 0 Å². The maximum Gasteiger partial charge on any atom is 0.263 e. The Morgan fingerprint density at radius 1 is 1.07 bits per heavy atom. The second-order valence-corrected chi connectivity index (χ2v) is 7.09. The molecule has 27 heavy (non-hydrogen) atoms. The molecular formula is C21H25N3O3. The predicted octanol–water partition coefficient (Wildman–Crippen LogP) is 4.13. The van der Waals surface area contributed by atoms with E-state index in [4.69, 9.17) is 18.6 Å². The number of aryl methyl sites for hydroxylation is 2. The summed E-state index contributed by atoms with van der Waals surface area (Å²) in [6, 6.07) is 7.91. The first kappa shape index (κ1) is 17.9. The van der Waals surface area contributed by atoms with Gasteiger partial charge in [-0.15, -0.1) is 0 Å². The molecule has 6 nitrogen and oxygen atoms in total. The Labute approximate surface area is 159 Å². The molecule has 3 aromatic rings. The first-order chi connectivity index (χ1) is 13.2. The van der Waals surface area contributed by atoms with Crippen LogP contribution in [0, 0.1) is 13.8 Å². The van der Waals surface area contributed by atoms with E-state index in [0.29, 0.717) is 18.2 Å². The third-order valence-corrected chi connectivity index (χ3v) is 4.86. The lowest BCUT2D eigenvalue weighted by Crippen LogP contribution is -2.31. The van der Waals surface area contributed by atoms with Gasteiger partial charge in [0.2, 0.25) is 0 Å². The number of hydrogen-bond acceptors (Lipinski definition) is 6. The quantitative estimate of drug-likeness (QED) is 0.626. The van der Waals surface area contributed by atoms with Crippen LogP contribution in [-0.4, -0.2) is 34.1 Å². The Morgan fingerprint density at radius 2 is 1.93 bits per heavy atom. The maximum absolute atomic E-state index is 5.86. The summed E-state index contributed by atoms with van der Waals surface area (Å²) in [6.07, 6.45) is 6.20. The number of aromatic nitrogens is 2. The van der Waals surface area contributed by atoms with Gasteiger partial charge in [0.05, 0.1) is 11.8 Å². The van der Waals surface area contributed by atoms with Crippen LogP contribution in [0.2, 0.25) is 0 Å². The van der Waals surface area contributed by atoms with Crippen molar-refractivity contribution in [2.24, 2.45) is 0 Å². The lowest BCUT2D eigenvalue weighted by molar-refractivity contribution is 0.0673. The highest BCUT2D eigenvalue weighted by atomic mass is 16.5. The molecule has 0 amide bonds. The highest BCUT2D eigenvalue weighted by Crippen LogP contribution is 2.25. The Hall–Kier alpha value is -2.44. The smallest absolute Gasteiger partial charge is 0.263 e. The number of pyridine rings is 1. The summed E-state index contributed by atoms with van der Waals surface area (Å²) in [7, 11) is 0. The van der Waals surface area contributed by atoms with Crippen molar-refractivity contribution in [2.45, 2.75) is 45.9 Å². The summed E-state index contributed by atoms with van der Waals surface area (Å²) in [5, 5.41) is 0. The van der Waals surface area contributed by atoms with Crippen molar-refractivity contribution < 1.29 is 13.6 Å². The van der Waals surface area contributed by atoms with E-state index in [-0.39, 0.29) is 6.10 Å². The van der Waals surface area contributed by atoms with Crippen molar-refractivity contribution in [3.8, 4) is 11.7 Å². The van der Waals surface area contributed by atoms with E-state index < -0.39 is 0 Å². The molecule has 1 aliphatic rings. The molecule has 0 N–H and O–H groups in total. The minimum atomic E-state index is 0.284. The standard InChI is InChI=1S/C21H25N3O3/c1-15-5-6-20(26-15)21-23-19(16(2)27-21)14-24(13-18-4-3-11-25-18)12-17-7-9-22-10-8-17/h5-10,18H,3-4,11-14H2,1-2H3. The number of furan rings is 1. The summed E-state index contributed by atoms with van der Waals surface area (Å²) < 4.78 is 17.4. The highest BCUT2D eigenvalue weighted by molar-refractivity contribution is 5.45. The minimum Gasteiger partial charge on any atom is -0.456 e. The van der Waals surface area contributed by atoms with Crippen LogP contribution < -0.4 is 0 Å². The van der Waals surface area contributed by atoms with Gasteiger partial charge in [-0.25, -0.2) is 4.98 Å². The maximum atomic E-state index is 5.86. The van der Waals surface area contributed by atoms with E-state index in [1.54, 1.807) is 0 Å². The summed E-state index contributed by atoms with van der Waals surface area (Å²) in [5.41, 5.74) is 2.16. The number of oxazole rings is 1. The number of ether oxygens (including phenoxy) is 1. The molecule has 0 spiro atoms. The van der Waals surface area contributed by atoms with Crippen molar-refractivity contribution >= 4 is 0 Å². The van der Waals surface area contributed by atoms with Gasteiger partial charge in [0.1, 0.15) is 11.5 Å². The van der Waals surface area contributed by atoms with Gasteiger partial charge in [-0.3, -0.25) is 9.88 Å². The molecule has 0 radical (unpaired) electrons. The van der Waals surface area contributed by atoms with Crippen molar-refractivity contribution in [1.82, 2.24) is 14.9 Å². The Morgan fingerprint density at radius 3 is 2.63 bits per heavy atom. The number of hydrogen-bond donors (Lipinski definition) is 0. The lowest BCUT2D eigenvalue weighted by Gasteiger charge is -2.24. The van der Waals surface area contributed by atoms with Crippen LogP contribution in [0.15, 0.2) is 45.5 Å². The molecule has 1 unspecified atom stereocenters. The normalized spacial score (nSPS) is 17.1. The minimum absolute atomic E-state index is 0.284. The first-order valence-corrected chi connectivity index (χ1v) is 9.43. The molecular weight excluding hydrogens is 342 g/mol. The molecule has 1 aliphatic heterocycles. The van der Waals surface area contributed by atoms with Crippen molar-refractivity contribution in [3.05, 3.63) is 59.4 Å². The zero-order valence-corrected chi connectivity index (χ0v) is 15.9. The molecule has 1 saturated heterocycles. The zero-order chi connectivity index (χ0) is 18.6. The van der Waals surface area contributed by atoms with Crippen molar-refractivity contribution in [2.75, 3.05) is 13.2 Å². The first-order valence-electron chi connectivity index (χ1n) is 9.43. The predicted molar refractivity (Wildman–Crippen MR) is 101 cm³/mol. The van der Waals surface area contributed by atoms with Crippen molar-refractivity contribution in [1.29, 1.82) is 0 Å². The van der Waals surface area contributed by atoms with Crippen LogP contribution in [-0.2, 0) is 17.8 Å². The van der Waals surface area contributed by atoms with E-state index in [1.165, 1.54) is 5.56 Å². The fraction of sp³-hybridized carbons (Fsp3) is 0.429. The van der Waals surface area contributed by atoms with E-state index >= 15 is 0 Å². The molecule has 142 valence electrons. The third kappa shape index (κ3) is 4.46. The Kier molecular flexibility index (Phi) is 5.36. The van der Waals surface area contributed by atoms with E-state index in [1.807, 2.05) is 38.4 Å². The van der Waals surface area contributed by atoms with Crippen molar-refractivity contribution in [3.63, 3.8) is 0 Å². The van der Waals surface area contributed by atoms with Gasteiger partial charge in [0.15, 0.2) is 5.76 Å².